The molecule has 0 unspecified atom stereocenters. The van der Waals surface area contributed by atoms with E-state index < -0.39 is 9.84 Å². The second-order valence-electron chi connectivity index (χ2n) is 6.31. The molecule has 1 fully saturated rings. The molecule has 1 saturated heterocycles. The molecule has 1 aromatic heterocycles. The van der Waals surface area contributed by atoms with Crippen molar-refractivity contribution < 1.29 is 13.2 Å². The fraction of sp³-hybridized carbons (Fsp3) is 0.444. The van der Waals surface area contributed by atoms with Crippen LogP contribution in [0.2, 0.25) is 0 Å². The highest BCUT2D eigenvalue weighted by Crippen LogP contribution is 2.18. The van der Waals surface area contributed by atoms with Gasteiger partial charge < -0.3 is 4.90 Å². The Labute approximate surface area is 152 Å². The number of sulfone groups is 1. The second kappa shape index (κ2) is 7.66. The maximum absolute atomic E-state index is 12.4. The van der Waals surface area contributed by atoms with E-state index in [1.165, 1.54) is 11.3 Å². The largest absolute Gasteiger partial charge is 0.339 e. The Morgan fingerprint density at radius 3 is 2.44 bits per heavy atom. The lowest BCUT2D eigenvalue weighted by Gasteiger charge is -2.15. The molecule has 1 amide bonds. The summed E-state index contributed by atoms with van der Waals surface area (Å²) in [6.45, 7) is 3.62. The lowest BCUT2D eigenvalue weighted by Crippen LogP contribution is -2.27. The molecule has 7 heteroatoms. The summed E-state index contributed by atoms with van der Waals surface area (Å²) < 4.78 is 24.8. The van der Waals surface area contributed by atoms with Gasteiger partial charge in [0.25, 0.3) is 5.91 Å². The van der Waals surface area contributed by atoms with E-state index in [-0.39, 0.29) is 17.4 Å². The number of amides is 1. The molecule has 0 N–H and O–H groups in total. The van der Waals surface area contributed by atoms with Crippen LogP contribution in [-0.2, 0) is 27.8 Å². The first-order valence-corrected chi connectivity index (χ1v) is 11.2. The van der Waals surface area contributed by atoms with Crippen molar-refractivity contribution in [2.45, 2.75) is 37.7 Å². The predicted octanol–water partition coefficient (Wildman–Crippen LogP) is 3.06. The molecule has 3 rings (SSSR count). The van der Waals surface area contributed by atoms with E-state index in [0.29, 0.717) is 16.8 Å². The van der Waals surface area contributed by atoms with Crippen LogP contribution in [0.5, 0.6) is 0 Å². The highest BCUT2D eigenvalue weighted by Gasteiger charge is 2.20. The Morgan fingerprint density at radius 2 is 1.84 bits per heavy atom. The van der Waals surface area contributed by atoms with E-state index in [1.807, 2.05) is 17.2 Å². The summed E-state index contributed by atoms with van der Waals surface area (Å²) in [6.07, 6.45) is 2.92. The molecule has 1 aliphatic heterocycles. The van der Waals surface area contributed by atoms with Crippen molar-refractivity contribution in [1.82, 2.24) is 9.88 Å². The number of carbonyl (C=O) groups is 1. The summed E-state index contributed by atoms with van der Waals surface area (Å²) in [5, 5.41) is 2.77. The highest BCUT2D eigenvalue weighted by atomic mass is 32.2. The summed E-state index contributed by atoms with van der Waals surface area (Å²) >= 11 is 1.50. The number of likely N-dealkylation sites (tertiary alicyclic amines) is 1. The molecule has 5 nitrogen and oxygen atoms in total. The van der Waals surface area contributed by atoms with Crippen molar-refractivity contribution in [3.8, 4) is 0 Å². The Morgan fingerprint density at radius 1 is 1.16 bits per heavy atom. The molecule has 25 heavy (non-hydrogen) atoms. The average molecular weight is 379 g/mol. The van der Waals surface area contributed by atoms with Gasteiger partial charge >= 0.3 is 0 Å². The Hall–Kier alpha value is -1.73. The molecule has 0 aliphatic carbocycles. The normalized spacial score (nSPS) is 14.8. The van der Waals surface area contributed by atoms with Gasteiger partial charge in [0.2, 0.25) is 0 Å². The molecule has 1 aliphatic rings. The summed E-state index contributed by atoms with van der Waals surface area (Å²) in [4.78, 5) is 18.5. The molecule has 2 heterocycles. The summed E-state index contributed by atoms with van der Waals surface area (Å²) in [6, 6.07) is 6.92. The fourth-order valence-electron chi connectivity index (χ4n) is 2.95. The monoisotopic (exact) mass is 378 g/mol. The second-order valence-corrected chi connectivity index (χ2v) is 9.32. The molecular weight excluding hydrogens is 356 g/mol. The van der Waals surface area contributed by atoms with Crippen LogP contribution in [0, 0.1) is 0 Å². The first kappa shape index (κ1) is 18.1. The summed E-state index contributed by atoms with van der Waals surface area (Å²) in [5.41, 5.74) is 1.93. The number of carbonyl (C=O) groups excluding carboxylic acids is 1. The smallest absolute Gasteiger partial charge is 0.253 e. The molecule has 0 bridgehead atoms. The van der Waals surface area contributed by atoms with Crippen molar-refractivity contribution in [2.24, 2.45) is 0 Å². The van der Waals surface area contributed by atoms with Crippen LogP contribution in [0.25, 0.3) is 0 Å². The topological polar surface area (TPSA) is 67.3 Å². The van der Waals surface area contributed by atoms with Crippen molar-refractivity contribution in [2.75, 3.05) is 13.1 Å². The zero-order valence-corrected chi connectivity index (χ0v) is 15.9. The van der Waals surface area contributed by atoms with Gasteiger partial charge in [-0.15, -0.1) is 11.3 Å². The molecule has 0 radical (unpaired) electrons. The molecule has 0 atom stereocenters. The molecule has 134 valence electrons. The van der Waals surface area contributed by atoms with Gasteiger partial charge in [0.1, 0.15) is 0 Å². The number of benzene rings is 1. The van der Waals surface area contributed by atoms with Crippen LogP contribution in [0.15, 0.2) is 29.6 Å². The zero-order valence-electron chi connectivity index (χ0n) is 14.3. The Kier molecular flexibility index (Phi) is 5.54. The SMILES string of the molecule is CCc1nc(CS(=O)(=O)Cc2ccc(C(=O)N3CCCC3)cc2)cs1. The number of nitrogens with zero attached hydrogens (tertiary/aromatic N) is 2. The van der Waals surface area contributed by atoms with E-state index in [2.05, 4.69) is 4.98 Å². The number of thiazole rings is 1. The number of hydrogen-bond acceptors (Lipinski definition) is 5. The van der Waals surface area contributed by atoms with Crippen molar-refractivity contribution >= 4 is 27.1 Å². The van der Waals surface area contributed by atoms with Gasteiger partial charge in [-0.25, -0.2) is 13.4 Å². The van der Waals surface area contributed by atoms with Gasteiger partial charge in [-0.3, -0.25) is 4.79 Å². The van der Waals surface area contributed by atoms with Crippen LogP contribution in [0.4, 0.5) is 0 Å². The lowest BCUT2D eigenvalue weighted by molar-refractivity contribution is 0.0793. The zero-order chi connectivity index (χ0) is 17.9. The molecule has 0 spiro atoms. The molecule has 1 aromatic carbocycles. The predicted molar refractivity (Wildman–Crippen MR) is 99.4 cm³/mol. The van der Waals surface area contributed by atoms with Gasteiger partial charge in [-0.2, -0.15) is 0 Å². The summed E-state index contributed by atoms with van der Waals surface area (Å²) in [5.74, 6) is -0.0521. The maximum Gasteiger partial charge on any atom is 0.253 e. The quantitative estimate of drug-likeness (QED) is 0.775. The molecule has 0 saturated carbocycles. The number of aromatic nitrogens is 1. The van der Waals surface area contributed by atoms with Crippen LogP contribution in [0.1, 0.15) is 46.4 Å². The van der Waals surface area contributed by atoms with Gasteiger partial charge in [-0.05, 0) is 37.0 Å². The third kappa shape index (κ3) is 4.67. The molecule has 2 aromatic rings. The van der Waals surface area contributed by atoms with Crippen LogP contribution in [-0.4, -0.2) is 37.3 Å². The van der Waals surface area contributed by atoms with E-state index in [0.717, 1.165) is 37.4 Å². The van der Waals surface area contributed by atoms with Gasteiger partial charge in [0.05, 0.1) is 22.2 Å². The molecular formula is C18H22N2O3S2. The third-order valence-corrected chi connectivity index (χ3v) is 6.80. The van der Waals surface area contributed by atoms with E-state index in [4.69, 9.17) is 0 Å². The van der Waals surface area contributed by atoms with Crippen molar-refractivity contribution in [3.63, 3.8) is 0 Å². The Balaban J connectivity index is 1.64. The number of rotatable bonds is 6. The minimum Gasteiger partial charge on any atom is -0.339 e. The lowest BCUT2D eigenvalue weighted by atomic mass is 10.1. The standard InChI is InChI=1S/C18H22N2O3S2/c1-2-17-19-16(11-24-17)13-25(22,23)12-14-5-7-15(8-6-14)18(21)20-9-3-4-10-20/h5-8,11H,2-4,9-10,12-13H2,1H3. The van der Waals surface area contributed by atoms with Crippen LogP contribution in [0.3, 0.4) is 0 Å². The van der Waals surface area contributed by atoms with E-state index in [1.54, 1.807) is 24.3 Å². The van der Waals surface area contributed by atoms with Crippen LogP contribution >= 0.6 is 11.3 Å². The number of aryl methyl sites for hydroxylation is 1. The van der Waals surface area contributed by atoms with Crippen molar-refractivity contribution in [1.29, 1.82) is 0 Å². The van der Waals surface area contributed by atoms with Gasteiger partial charge in [-0.1, -0.05) is 19.1 Å². The third-order valence-electron chi connectivity index (χ3n) is 4.25. The van der Waals surface area contributed by atoms with Gasteiger partial charge in [0, 0.05) is 24.0 Å². The average Bonchev–Trinajstić information content (AvgIpc) is 3.25. The van der Waals surface area contributed by atoms with Crippen LogP contribution < -0.4 is 0 Å². The number of hydrogen-bond donors (Lipinski definition) is 0. The highest BCUT2D eigenvalue weighted by molar-refractivity contribution is 7.89. The minimum absolute atomic E-state index is 0.0291. The fourth-order valence-corrected chi connectivity index (χ4v) is 5.21. The minimum atomic E-state index is -3.28. The van der Waals surface area contributed by atoms with Gasteiger partial charge in [0.15, 0.2) is 9.84 Å². The summed E-state index contributed by atoms with van der Waals surface area (Å²) in [7, 11) is -3.28. The van der Waals surface area contributed by atoms with Crippen molar-refractivity contribution in [3.05, 3.63) is 51.5 Å². The van der Waals surface area contributed by atoms with E-state index >= 15 is 0 Å². The maximum atomic E-state index is 12.4. The first-order chi connectivity index (χ1) is 12.0. The first-order valence-electron chi connectivity index (χ1n) is 8.49. The van der Waals surface area contributed by atoms with E-state index in [9.17, 15) is 13.2 Å². The Bertz CT molecular complexity index is 835.